The molecule has 0 radical (unpaired) electrons. The van der Waals surface area contributed by atoms with Gasteiger partial charge >= 0.3 is 12.1 Å². The van der Waals surface area contributed by atoms with Crippen LogP contribution in [0.4, 0.5) is 4.79 Å². The van der Waals surface area contributed by atoms with Crippen LogP contribution in [0.25, 0.3) is 11.1 Å². The second-order valence-electron chi connectivity index (χ2n) is 7.89. The van der Waals surface area contributed by atoms with E-state index in [1.165, 1.54) is 0 Å². The molecule has 2 amide bonds. The smallest absolute Gasteiger partial charge is 0.407 e. The first-order chi connectivity index (χ1) is 15.5. The molecule has 0 saturated carbocycles. The van der Waals surface area contributed by atoms with Gasteiger partial charge in [-0.25, -0.2) is 4.79 Å². The van der Waals surface area contributed by atoms with Crippen LogP contribution in [0.15, 0.2) is 48.5 Å². The van der Waals surface area contributed by atoms with Crippen molar-refractivity contribution in [3.63, 3.8) is 0 Å². The van der Waals surface area contributed by atoms with Crippen LogP contribution in [0.2, 0.25) is 0 Å². The molecular weight excluding hydrogens is 412 g/mol. The number of amides is 2. The minimum Gasteiger partial charge on any atom is -0.481 e. The summed E-state index contributed by atoms with van der Waals surface area (Å²) in [5, 5.41) is 11.6. The van der Waals surface area contributed by atoms with Gasteiger partial charge in [-0.2, -0.15) is 0 Å². The van der Waals surface area contributed by atoms with Crippen molar-refractivity contribution in [2.24, 2.45) is 0 Å². The summed E-state index contributed by atoms with van der Waals surface area (Å²) in [6, 6.07) is 15.1. The maximum absolute atomic E-state index is 12.8. The third-order valence-electron chi connectivity index (χ3n) is 5.90. The number of alkyl carbamates (subject to hydrolysis) is 1. The number of rotatable bonds is 7. The number of aliphatic carboxylic acids is 1. The number of morpholine rings is 1. The summed E-state index contributed by atoms with van der Waals surface area (Å²) in [5.74, 6) is -1.44. The van der Waals surface area contributed by atoms with Crippen LogP contribution in [0.3, 0.4) is 0 Å². The van der Waals surface area contributed by atoms with Gasteiger partial charge in [-0.15, -0.1) is 0 Å². The van der Waals surface area contributed by atoms with Gasteiger partial charge in [-0.05, 0) is 28.7 Å². The van der Waals surface area contributed by atoms with Gasteiger partial charge in [-0.3, -0.25) is 9.59 Å². The Balaban J connectivity index is 1.42. The summed E-state index contributed by atoms with van der Waals surface area (Å²) >= 11 is 0. The van der Waals surface area contributed by atoms with E-state index in [0.29, 0.717) is 26.3 Å². The number of fused-ring (bicyclic) bond motifs is 3. The van der Waals surface area contributed by atoms with E-state index in [-0.39, 0.29) is 31.3 Å². The van der Waals surface area contributed by atoms with Gasteiger partial charge in [0.15, 0.2) is 0 Å². The minimum atomic E-state index is -1.03. The highest BCUT2D eigenvalue weighted by molar-refractivity contribution is 5.86. The first kappa shape index (κ1) is 21.8. The maximum Gasteiger partial charge on any atom is 0.407 e. The molecule has 8 heteroatoms. The Kier molecular flexibility index (Phi) is 6.70. The van der Waals surface area contributed by atoms with Gasteiger partial charge in [0.05, 0.1) is 13.2 Å². The predicted molar refractivity (Wildman–Crippen MR) is 116 cm³/mol. The molecule has 4 rings (SSSR count). The lowest BCUT2D eigenvalue weighted by atomic mass is 9.98. The number of carboxylic acids is 1. The summed E-state index contributed by atoms with van der Waals surface area (Å²) in [6.45, 7) is 1.78. The first-order valence-electron chi connectivity index (χ1n) is 10.7. The molecule has 2 aliphatic rings. The van der Waals surface area contributed by atoms with Crippen molar-refractivity contribution in [2.75, 3.05) is 32.9 Å². The first-order valence-corrected chi connectivity index (χ1v) is 10.7. The molecule has 0 aromatic heterocycles. The van der Waals surface area contributed by atoms with Crippen LogP contribution in [-0.4, -0.2) is 66.9 Å². The van der Waals surface area contributed by atoms with Crippen molar-refractivity contribution in [3.8, 4) is 11.1 Å². The average Bonchev–Trinajstić information content (AvgIpc) is 3.14. The second-order valence-corrected chi connectivity index (χ2v) is 7.89. The molecular formula is C24H26N2O6. The van der Waals surface area contributed by atoms with E-state index in [1.807, 2.05) is 36.4 Å². The molecule has 1 unspecified atom stereocenters. The van der Waals surface area contributed by atoms with Crippen molar-refractivity contribution in [1.29, 1.82) is 0 Å². The van der Waals surface area contributed by atoms with E-state index in [1.54, 1.807) is 4.90 Å². The van der Waals surface area contributed by atoms with Gasteiger partial charge in [0.25, 0.3) is 0 Å². The topological polar surface area (TPSA) is 105 Å². The fourth-order valence-electron chi connectivity index (χ4n) is 4.31. The molecule has 32 heavy (non-hydrogen) atoms. The normalized spacial score (nSPS) is 16.1. The quantitative estimate of drug-likeness (QED) is 0.689. The van der Waals surface area contributed by atoms with E-state index >= 15 is 0 Å². The third kappa shape index (κ3) is 4.75. The van der Waals surface area contributed by atoms with Crippen molar-refractivity contribution < 1.29 is 29.0 Å². The Morgan fingerprint density at radius 1 is 1.03 bits per heavy atom. The van der Waals surface area contributed by atoms with Gasteiger partial charge in [-0.1, -0.05) is 48.5 Å². The molecule has 1 aliphatic carbocycles. The van der Waals surface area contributed by atoms with Crippen LogP contribution in [0.5, 0.6) is 0 Å². The number of hydrogen-bond donors (Lipinski definition) is 2. The lowest BCUT2D eigenvalue weighted by Gasteiger charge is -2.30. The van der Waals surface area contributed by atoms with Crippen LogP contribution < -0.4 is 5.32 Å². The van der Waals surface area contributed by atoms with Crippen molar-refractivity contribution in [3.05, 3.63) is 59.7 Å². The Bertz CT molecular complexity index is 956. The molecule has 168 valence electrons. The summed E-state index contributed by atoms with van der Waals surface area (Å²) in [4.78, 5) is 38.0. The highest BCUT2D eigenvalue weighted by Gasteiger charge is 2.31. The lowest BCUT2D eigenvalue weighted by Crippen LogP contribution is -2.52. The van der Waals surface area contributed by atoms with E-state index in [4.69, 9.17) is 14.6 Å². The third-order valence-corrected chi connectivity index (χ3v) is 5.90. The van der Waals surface area contributed by atoms with Crippen LogP contribution in [0, 0.1) is 0 Å². The standard InChI is InChI=1S/C24H26N2O6/c27-22(28)10-9-21(23(29)26-11-13-31-14-12-26)25-24(30)32-15-20-18-7-3-1-5-16(18)17-6-2-4-8-19(17)20/h1-8,20-21H,9-15H2,(H,25,30)(H,27,28). The van der Waals surface area contributed by atoms with Crippen LogP contribution >= 0.6 is 0 Å². The van der Waals surface area contributed by atoms with E-state index in [9.17, 15) is 14.4 Å². The van der Waals surface area contributed by atoms with Crippen LogP contribution in [0.1, 0.15) is 29.9 Å². The molecule has 8 nitrogen and oxygen atoms in total. The zero-order chi connectivity index (χ0) is 22.5. The monoisotopic (exact) mass is 438 g/mol. The molecule has 2 aromatic rings. The Morgan fingerprint density at radius 3 is 2.22 bits per heavy atom. The number of nitrogens with one attached hydrogen (secondary N) is 1. The number of nitrogens with zero attached hydrogens (tertiary/aromatic N) is 1. The second kappa shape index (κ2) is 9.82. The minimum absolute atomic E-state index is 0.00425. The molecule has 1 fully saturated rings. The molecule has 1 saturated heterocycles. The number of ether oxygens (including phenoxy) is 2. The van der Waals surface area contributed by atoms with E-state index in [2.05, 4.69) is 17.4 Å². The molecule has 0 spiro atoms. The Hall–Kier alpha value is -3.39. The number of carbonyl (C=O) groups excluding carboxylic acids is 2. The zero-order valence-corrected chi connectivity index (χ0v) is 17.7. The van der Waals surface area contributed by atoms with Crippen molar-refractivity contribution >= 4 is 18.0 Å². The summed E-state index contributed by atoms with van der Waals surface area (Å²) in [5.41, 5.74) is 4.43. The average molecular weight is 438 g/mol. The van der Waals surface area contributed by atoms with E-state index < -0.39 is 18.1 Å². The fourth-order valence-corrected chi connectivity index (χ4v) is 4.31. The summed E-state index contributed by atoms with van der Waals surface area (Å²) in [6.07, 6.45) is -0.969. The lowest BCUT2D eigenvalue weighted by molar-refractivity contribution is -0.139. The van der Waals surface area contributed by atoms with Gasteiger partial charge in [0.1, 0.15) is 12.6 Å². The summed E-state index contributed by atoms with van der Waals surface area (Å²) < 4.78 is 10.8. The molecule has 0 bridgehead atoms. The molecule has 1 atom stereocenters. The number of hydrogen-bond acceptors (Lipinski definition) is 5. The molecule has 2 aromatic carbocycles. The number of carboxylic acid groups (broad SMARTS) is 1. The highest BCUT2D eigenvalue weighted by atomic mass is 16.5. The van der Waals surface area contributed by atoms with Gasteiger partial charge in [0.2, 0.25) is 5.91 Å². The van der Waals surface area contributed by atoms with Crippen molar-refractivity contribution in [2.45, 2.75) is 24.8 Å². The van der Waals surface area contributed by atoms with Gasteiger partial charge in [0, 0.05) is 25.4 Å². The SMILES string of the molecule is O=C(O)CCC(NC(=O)OCC1c2ccccc2-c2ccccc21)C(=O)N1CCOCC1. The van der Waals surface area contributed by atoms with Crippen LogP contribution in [-0.2, 0) is 19.1 Å². The largest absolute Gasteiger partial charge is 0.481 e. The summed E-state index contributed by atoms with van der Waals surface area (Å²) in [7, 11) is 0. The predicted octanol–water partition coefficient (Wildman–Crippen LogP) is 2.62. The molecule has 1 aliphatic heterocycles. The Morgan fingerprint density at radius 2 is 1.62 bits per heavy atom. The molecule has 2 N–H and O–H groups in total. The maximum atomic E-state index is 12.8. The van der Waals surface area contributed by atoms with Crippen molar-refractivity contribution in [1.82, 2.24) is 10.2 Å². The van der Waals surface area contributed by atoms with E-state index in [0.717, 1.165) is 22.3 Å². The number of benzene rings is 2. The fraction of sp³-hybridized carbons (Fsp3) is 0.375. The number of carbonyl (C=O) groups is 3. The Labute approximate surface area is 186 Å². The van der Waals surface area contributed by atoms with Gasteiger partial charge < -0.3 is 24.8 Å². The zero-order valence-electron chi connectivity index (χ0n) is 17.7. The highest BCUT2D eigenvalue weighted by Crippen LogP contribution is 2.44. The molecule has 1 heterocycles.